The minimum absolute atomic E-state index is 0.0436. The number of unbranched alkanes of at least 4 members (excludes halogenated alkanes) is 6. The first kappa shape index (κ1) is 22.3. The van der Waals surface area contributed by atoms with E-state index in [0.717, 1.165) is 22.9 Å². The molecule has 27 heavy (non-hydrogen) atoms. The van der Waals surface area contributed by atoms with Gasteiger partial charge in [0.1, 0.15) is 0 Å². The molecule has 1 saturated heterocycles. The van der Waals surface area contributed by atoms with Crippen LogP contribution in [0.2, 0.25) is 0 Å². The van der Waals surface area contributed by atoms with Crippen LogP contribution in [0.1, 0.15) is 76.7 Å². The maximum Gasteiger partial charge on any atom is 0.265 e. The van der Waals surface area contributed by atoms with Gasteiger partial charge in [0, 0.05) is 6.61 Å². The maximum atomic E-state index is 13.0. The second kappa shape index (κ2) is 11.1. The molecule has 0 spiro atoms. The molecule has 0 radical (unpaired) electrons. The summed E-state index contributed by atoms with van der Waals surface area (Å²) in [6.07, 6.45) is 10.4. The molecule has 154 valence electrons. The average molecular weight is 398 g/mol. The zero-order valence-corrected chi connectivity index (χ0v) is 17.6. The van der Waals surface area contributed by atoms with Crippen molar-refractivity contribution in [2.24, 2.45) is 0 Å². The number of hydrogen-bond donors (Lipinski definition) is 1. The van der Waals surface area contributed by atoms with Gasteiger partial charge in [-0.25, -0.2) is 8.42 Å². The minimum atomic E-state index is -3.71. The predicted molar refractivity (Wildman–Crippen MR) is 108 cm³/mol. The molecule has 0 aromatic heterocycles. The van der Waals surface area contributed by atoms with Gasteiger partial charge in [-0.05, 0) is 38.3 Å². The first-order valence-electron chi connectivity index (χ1n) is 10.4. The minimum Gasteiger partial charge on any atom is -0.396 e. The number of sulfonamides is 1. The third-order valence-electron chi connectivity index (χ3n) is 5.23. The van der Waals surface area contributed by atoms with Crippen LogP contribution in [0.5, 0.6) is 0 Å². The highest BCUT2D eigenvalue weighted by atomic mass is 32.2. The van der Waals surface area contributed by atoms with Crippen molar-refractivity contribution in [1.29, 1.82) is 0 Å². The van der Waals surface area contributed by atoms with E-state index in [9.17, 15) is 13.5 Å². The Morgan fingerprint density at radius 1 is 1.04 bits per heavy atom. The molecule has 5 nitrogen and oxygen atoms in total. The third-order valence-corrected chi connectivity index (χ3v) is 6.96. The van der Waals surface area contributed by atoms with E-state index in [4.69, 9.17) is 4.84 Å². The molecule has 1 heterocycles. The fourth-order valence-corrected chi connectivity index (χ4v) is 5.11. The Labute approximate surface area is 164 Å². The zero-order chi connectivity index (χ0) is 19.7. The average Bonchev–Trinajstić information content (AvgIpc) is 3.05. The van der Waals surface area contributed by atoms with E-state index >= 15 is 0 Å². The molecule has 0 aliphatic carbocycles. The van der Waals surface area contributed by atoms with Gasteiger partial charge in [-0.1, -0.05) is 74.0 Å². The number of nitrogens with zero attached hydrogens (tertiary/aromatic N) is 1. The number of hydroxylamine groups is 1. The van der Waals surface area contributed by atoms with E-state index in [2.05, 4.69) is 6.92 Å². The molecule has 1 aliphatic heterocycles. The maximum absolute atomic E-state index is 13.0. The van der Waals surface area contributed by atoms with Crippen LogP contribution in [0.15, 0.2) is 29.2 Å². The Kier molecular flexibility index (Phi) is 9.22. The quantitative estimate of drug-likeness (QED) is 0.524. The van der Waals surface area contributed by atoms with Crippen molar-refractivity contribution in [3.8, 4) is 0 Å². The number of aliphatic hydroxyl groups is 1. The molecular weight excluding hydrogens is 362 g/mol. The lowest BCUT2D eigenvalue weighted by Crippen LogP contribution is -2.35. The standard InChI is InChI=1S/C21H35NO4S/c1-3-4-5-6-7-8-9-10-20-17-19(15-16-23)22(26-20)27(24,25)21-13-11-18(2)12-14-21/h11-14,19-20,23H,3-10,15-17H2,1-2H3/t19-,20+/m0/s1. The molecule has 0 amide bonds. The lowest BCUT2D eigenvalue weighted by Gasteiger charge is -2.22. The van der Waals surface area contributed by atoms with Crippen molar-refractivity contribution in [3.05, 3.63) is 29.8 Å². The van der Waals surface area contributed by atoms with Crippen LogP contribution in [-0.4, -0.2) is 36.7 Å². The normalized spacial score (nSPS) is 21.0. The smallest absolute Gasteiger partial charge is 0.265 e. The van der Waals surface area contributed by atoms with Crippen LogP contribution in [0.4, 0.5) is 0 Å². The summed E-state index contributed by atoms with van der Waals surface area (Å²) in [6.45, 7) is 4.10. The van der Waals surface area contributed by atoms with E-state index in [1.807, 2.05) is 6.92 Å². The Morgan fingerprint density at radius 3 is 2.30 bits per heavy atom. The summed E-state index contributed by atoms with van der Waals surface area (Å²) in [4.78, 5) is 6.10. The molecule has 0 bridgehead atoms. The van der Waals surface area contributed by atoms with E-state index in [-0.39, 0.29) is 23.6 Å². The fraction of sp³-hybridized carbons (Fsp3) is 0.714. The summed E-state index contributed by atoms with van der Waals surface area (Å²) >= 11 is 0. The number of aryl methyl sites for hydroxylation is 1. The molecule has 6 heteroatoms. The number of aliphatic hydroxyl groups excluding tert-OH is 1. The number of hydrogen-bond acceptors (Lipinski definition) is 4. The lowest BCUT2D eigenvalue weighted by molar-refractivity contribution is -0.0942. The van der Waals surface area contributed by atoms with E-state index in [1.54, 1.807) is 24.3 Å². The van der Waals surface area contributed by atoms with Crippen LogP contribution in [0.25, 0.3) is 0 Å². The van der Waals surface area contributed by atoms with Gasteiger partial charge in [0.05, 0.1) is 17.0 Å². The van der Waals surface area contributed by atoms with E-state index in [1.165, 1.54) is 38.5 Å². The summed E-state index contributed by atoms with van der Waals surface area (Å²) < 4.78 is 27.1. The van der Waals surface area contributed by atoms with Crippen LogP contribution < -0.4 is 0 Å². The van der Waals surface area contributed by atoms with Crippen molar-refractivity contribution in [1.82, 2.24) is 4.47 Å². The molecule has 1 fully saturated rings. The molecular formula is C21H35NO4S. The monoisotopic (exact) mass is 397 g/mol. The van der Waals surface area contributed by atoms with Crippen molar-refractivity contribution in [2.75, 3.05) is 6.61 Å². The van der Waals surface area contributed by atoms with Gasteiger partial charge in [0.2, 0.25) is 0 Å². The Morgan fingerprint density at radius 2 is 1.67 bits per heavy atom. The summed E-state index contributed by atoms with van der Waals surface area (Å²) in [5.74, 6) is 0. The van der Waals surface area contributed by atoms with Crippen molar-refractivity contribution < 1.29 is 18.4 Å². The topological polar surface area (TPSA) is 66.8 Å². The van der Waals surface area contributed by atoms with E-state index in [0.29, 0.717) is 12.8 Å². The van der Waals surface area contributed by atoms with Gasteiger partial charge >= 0.3 is 0 Å². The summed E-state index contributed by atoms with van der Waals surface area (Å²) in [5, 5.41) is 9.34. The largest absolute Gasteiger partial charge is 0.396 e. The first-order chi connectivity index (χ1) is 13.0. The van der Waals surface area contributed by atoms with Crippen LogP contribution in [0.3, 0.4) is 0 Å². The molecule has 0 saturated carbocycles. The molecule has 1 N–H and O–H groups in total. The van der Waals surface area contributed by atoms with Gasteiger partial charge < -0.3 is 5.11 Å². The van der Waals surface area contributed by atoms with Gasteiger partial charge in [-0.2, -0.15) is 0 Å². The molecule has 0 unspecified atom stereocenters. The second-order valence-corrected chi connectivity index (χ2v) is 9.39. The van der Waals surface area contributed by atoms with Gasteiger partial charge in [0.15, 0.2) is 0 Å². The highest BCUT2D eigenvalue weighted by Crippen LogP contribution is 2.32. The van der Waals surface area contributed by atoms with Gasteiger partial charge in [-0.15, -0.1) is 0 Å². The van der Waals surface area contributed by atoms with Crippen LogP contribution in [-0.2, 0) is 14.9 Å². The highest BCUT2D eigenvalue weighted by molar-refractivity contribution is 7.89. The van der Waals surface area contributed by atoms with E-state index < -0.39 is 10.0 Å². The molecule has 1 aliphatic rings. The highest BCUT2D eigenvalue weighted by Gasteiger charge is 2.41. The number of benzene rings is 1. The van der Waals surface area contributed by atoms with Crippen LogP contribution >= 0.6 is 0 Å². The number of rotatable bonds is 12. The summed E-state index contributed by atoms with van der Waals surface area (Å²) in [5.41, 5.74) is 1.01. The fourth-order valence-electron chi connectivity index (χ4n) is 3.60. The zero-order valence-electron chi connectivity index (χ0n) is 16.8. The Balaban J connectivity index is 1.91. The van der Waals surface area contributed by atoms with Crippen molar-refractivity contribution in [2.45, 2.75) is 95.1 Å². The first-order valence-corrected chi connectivity index (χ1v) is 11.8. The Hall–Kier alpha value is -0.950. The molecule has 1 aromatic rings. The second-order valence-electron chi connectivity index (χ2n) is 7.61. The molecule has 2 atom stereocenters. The molecule has 2 rings (SSSR count). The summed E-state index contributed by atoms with van der Waals surface area (Å²) in [7, 11) is -3.71. The third kappa shape index (κ3) is 6.56. The Bertz CT molecular complexity index is 645. The molecule has 1 aromatic carbocycles. The van der Waals surface area contributed by atoms with Crippen molar-refractivity contribution >= 4 is 10.0 Å². The SMILES string of the molecule is CCCCCCCCC[C@@H]1C[C@H](CCO)N(S(=O)(=O)c2ccc(C)cc2)O1. The lowest BCUT2D eigenvalue weighted by atomic mass is 10.0. The van der Waals surface area contributed by atoms with Crippen molar-refractivity contribution in [3.63, 3.8) is 0 Å². The predicted octanol–water partition coefficient (Wildman–Crippen LogP) is 4.58. The van der Waals surface area contributed by atoms with Crippen LogP contribution in [0, 0.1) is 6.92 Å². The summed E-state index contributed by atoms with van der Waals surface area (Å²) in [6, 6.07) is 6.53. The van der Waals surface area contributed by atoms with Gasteiger partial charge in [-0.3, -0.25) is 4.84 Å². The van der Waals surface area contributed by atoms with Gasteiger partial charge in [0.25, 0.3) is 10.0 Å².